The summed E-state index contributed by atoms with van der Waals surface area (Å²) in [6.07, 6.45) is 9.89. The fourth-order valence-corrected chi connectivity index (χ4v) is 5.94. The van der Waals surface area contributed by atoms with Crippen LogP contribution in [0.1, 0.15) is 67.2 Å². The first-order valence-corrected chi connectivity index (χ1v) is 12.2. The largest absolute Gasteiger partial charge is 0.347 e. The summed E-state index contributed by atoms with van der Waals surface area (Å²) in [5.74, 6) is 3.98. The minimum absolute atomic E-state index is 0.259. The first-order chi connectivity index (χ1) is 14.6. The maximum Gasteiger partial charge on any atom is 0.146 e. The number of nitrogens with one attached hydrogen (secondary N) is 1. The highest BCUT2D eigenvalue weighted by Crippen LogP contribution is 2.40. The standard InChI is InChI=1S/C23H32N6S/c1-15-7-12-28(13-8-15)14-19-26-22(20-16(2)17(3)30-23(20)27-19)29-11-5-4-6-18(29)21-24-9-10-25-21/h9-10,15,18H,4-8,11-14H2,1-3H3,(H,24,25)/t18-/m1/s1. The molecule has 5 heterocycles. The predicted molar refractivity (Wildman–Crippen MR) is 123 cm³/mol. The first-order valence-electron chi connectivity index (χ1n) is 11.3. The Morgan fingerprint density at radius 1 is 1.10 bits per heavy atom. The lowest BCUT2D eigenvalue weighted by molar-refractivity contribution is 0.181. The van der Waals surface area contributed by atoms with Gasteiger partial charge in [0.1, 0.15) is 22.3 Å². The van der Waals surface area contributed by atoms with Crippen molar-refractivity contribution < 1.29 is 0 Å². The second-order valence-electron chi connectivity index (χ2n) is 9.06. The highest BCUT2D eigenvalue weighted by atomic mass is 32.1. The molecule has 2 aliphatic rings. The van der Waals surface area contributed by atoms with Crippen molar-refractivity contribution in [1.82, 2.24) is 24.8 Å². The van der Waals surface area contributed by atoms with Crippen LogP contribution in [0.2, 0.25) is 0 Å². The van der Waals surface area contributed by atoms with Crippen LogP contribution < -0.4 is 4.90 Å². The molecule has 0 aromatic carbocycles. The third-order valence-corrected chi connectivity index (χ3v) is 8.01. The van der Waals surface area contributed by atoms with Crippen LogP contribution in [0.25, 0.3) is 10.2 Å². The lowest BCUT2D eigenvalue weighted by Gasteiger charge is -2.36. The Morgan fingerprint density at radius 2 is 1.93 bits per heavy atom. The Bertz CT molecular complexity index is 1000. The topological polar surface area (TPSA) is 60.9 Å². The monoisotopic (exact) mass is 424 g/mol. The molecule has 30 heavy (non-hydrogen) atoms. The number of aromatic amines is 1. The van der Waals surface area contributed by atoms with Gasteiger partial charge in [-0.3, -0.25) is 4.90 Å². The van der Waals surface area contributed by atoms with Gasteiger partial charge in [-0.2, -0.15) is 0 Å². The SMILES string of the molecule is Cc1sc2nc(CN3CCC(C)CC3)nc(N3CCCC[C@@H]3c3ncc[nH]3)c2c1C. The Labute approximate surface area is 182 Å². The Hall–Kier alpha value is -1.99. The Balaban J connectivity index is 1.55. The van der Waals surface area contributed by atoms with E-state index in [0.717, 1.165) is 60.8 Å². The van der Waals surface area contributed by atoms with Gasteiger partial charge in [0.2, 0.25) is 0 Å². The number of thiophene rings is 1. The summed E-state index contributed by atoms with van der Waals surface area (Å²) in [5.41, 5.74) is 1.33. The van der Waals surface area contributed by atoms with Crippen LogP contribution >= 0.6 is 11.3 Å². The van der Waals surface area contributed by atoms with E-state index in [2.05, 4.69) is 40.5 Å². The zero-order valence-electron chi connectivity index (χ0n) is 18.3. The summed E-state index contributed by atoms with van der Waals surface area (Å²) < 4.78 is 0. The van der Waals surface area contributed by atoms with E-state index in [-0.39, 0.29) is 6.04 Å². The van der Waals surface area contributed by atoms with E-state index in [1.807, 2.05) is 23.7 Å². The van der Waals surface area contributed by atoms with Gasteiger partial charge in [0.25, 0.3) is 0 Å². The van der Waals surface area contributed by atoms with Gasteiger partial charge in [-0.05, 0) is 70.5 Å². The highest BCUT2D eigenvalue weighted by Gasteiger charge is 2.30. The van der Waals surface area contributed by atoms with Gasteiger partial charge in [-0.15, -0.1) is 11.3 Å². The Kier molecular flexibility index (Phi) is 5.50. The molecule has 0 unspecified atom stereocenters. The average Bonchev–Trinajstić information content (AvgIpc) is 3.38. The quantitative estimate of drug-likeness (QED) is 0.639. The van der Waals surface area contributed by atoms with Crippen LogP contribution in [0.15, 0.2) is 12.4 Å². The van der Waals surface area contributed by atoms with Gasteiger partial charge >= 0.3 is 0 Å². The molecule has 1 N–H and O–H groups in total. The van der Waals surface area contributed by atoms with Crippen molar-refractivity contribution in [1.29, 1.82) is 0 Å². The number of fused-ring (bicyclic) bond motifs is 1. The number of H-pyrrole nitrogens is 1. The molecule has 0 aliphatic carbocycles. The molecule has 0 amide bonds. The molecule has 1 atom stereocenters. The summed E-state index contributed by atoms with van der Waals surface area (Å²) in [5, 5.41) is 1.24. The van der Waals surface area contributed by atoms with Crippen molar-refractivity contribution in [2.75, 3.05) is 24.5 Å². The van der Waals surface area contributed by atoms with Crippen molar-refractivity contribution >= 4 is 27.4 Å². The van der Waals surface area contributed by atoms with E-state index in [0.29, 0.717) is 0 Å². The van der Waals surface area contributed by atoms with Crippen molar-refractivity contribution in [2.45, 2.75) is 65.5 Å². The zero-order valence-corrected chi connectivity index (χ0v) is 19.1. The first kappa shape index (κ1) is 19.9. The van der Waals surface area contributed by atoms with E-state index >= 15 is 0 Å². The lowest BCUT2D eigenvalue weighted by atomic mass is 9.99. The molecule has 2 fully saturated rings. The normalized spacial score (nSPS) is 21.6. The average molecular weight is 425 g/mol. The smallest absolute Gasteiger partial charge is 0.146 e. The second-order valence-corrected chi connectivity index (χ2v) is 10.3. The van der Waals surface area contributed by atoms with Crippen molar-refractivity contribution in [3.8, 4) is 0 Å². The number of piperidine rings is 2. The highest BCUT2D eigenvalue weighted by molar-refractivity contribution is 7.18. The van der Waals surface area contributed by atoms with Crippen LogP contribution in [-0.2, 0) is 6.54 Å². The van der Waals surface area contributed by atoms with Crippen molar-refractivity contribution in [3.05, 3.63) is 34.5 Å². The molecular weight excluding hydrogens is 392 g/mol. The number of hydrogen-bond acceptors (Lipinski definition) is 6. The van der Waals surface area contributed by atoms with Crippen LogP contribution in [0.5, 0.6) is 0 Å². The van der Waals surface area contributed by atoms with Gasteiger partial charge in [0, 0.05) is 23.8 Å². The molecule has 160 valence electrons. The molecule has 0 bridgehead atoms. The number of aromatic nitrogens is 4. The third kappa shape index (κ3) is 3.73. The van der Waals surface area contributed by atoms with E-state index in [4.69, 9.17) is 9.97 Å². The Morgan fingerprint density at radius 3 is 2.70 bits per heavy atom. The molecule has 5 rings (SSSR count). The van der Waals surface area contributed by atoms with Gasteiger partial charge < -0.3 is 9.88 Å². The van der Waals surface area contributed by atoms with Crippen LogP contribution in [0.4, 0.5) is 5.82 Å². The fraction of sp³-hybridized carbons (Fsp3) is 0.609. The van der Waals surface area contributed by atoms with E-state index in [1.165, 1.54) is 41.5 Å². The zero-order chi connectivity index (χ0) is 20.7. The molecule has 3 aromatic heterocycles. The number of nitrogens with zero attached hydrogens (tertiary/aromatic N) is 5. The summed E-state index contributed by atoms with van der Waals surface area (Å²) >= 11 is 1.81. The molecule has 0 radical (unpaired) electrons. The summed E-state index contributed by atoms with van der Waals surface area (Å²) in [6, 6.07) is 0.259. The van der Waals surface area contributed by atoms with Gasteiger partial charge in [0.05, 0.1) is 18.0 Å². The summed E-state index contributed by atoms with van der Waals surface area (Å²) in [7, 11) is 0. The summed E-state index contributed by atoms with van der Waals surface area (Å²) in [6.45, 7) is 11.0. The molecule has 0 saturated carbocycles. The number of likely N-dealkylation sites (tertiary alicyclic amines) is 1. The van der Waals surface area contributed by atoms with Crippen molar-refractivity contribution in [3.63, 3.8) is 0 Å². The van der Waals surface area contributed by atoms with E-state index in [9.17, 15) is 0 Å². The van der Waals surface area contributed by atoms with Crippen LogP contribution in [0, 0.1) is 19.8 Å². The molecule has 7 heteroatoms. The fourth-order valence-electron chi connectivity index (χ4n) is 4.90. The minimum Gasteiger partial charge on any atom is -0.347 e. The maximum atomic E-state index is 5.21. The number of rotatable bonds is 4. The van der Waals surface area contributed by atoms with Crippen LogP contribution in [-0.4, -0.2) is 44.5 Å². The lowest BCUT2D eigenvalue weighted by Crippen LogP contribution is -2.36. The van der Waals surface area contributed by atoms with E-state index < -0.39 is 0 Å². The number of imidazole rings is 1. The second kappa shape index (κ2) is 8.27. The molecule has 3 aromatic rings. The molecule has 2 aliphatic heterocycles. The van der Waals surface area contributed by atoms with Gasteiger partial charge in [-0.25, -0.2) is 15.0 Å². The van der Waals surface area contributed by atoms with Gasteiger partial charge in [-0.1, -0.05) is 6.92 Å². The molecular formula is C23H32N6S. The third-order valence-electron chi connectivity index (χ3n) is 6.91. The van der Waals surface area contributed by atoms with E-state index in [1.54, 1.807) is 0 Å². The predicted octanol–water partition coefficient (Wildman–Crippen LogP) is 4.99. The van der Waals surface area contributed by atoms with Crippen molar-refractivity contribution in [2.24, 2.45) is 5.92 Å². The number of hydrogen-bond donors (Lipinski definition) is 1. The number of anilines is 1. The molecule has 2 saturated heterocycles. The maximum absolute atomic E-state index is 5.21. The van der Waals surface area contributed by atoms with Crippen LogP contribution in [0.3, 0.4) is 0 Å². The van der Waals surface area contributed by atoms with Gasteiger partial charge in [0.15, 0.2) is 0 Å². The molecule has 0 spiro atoms. The summed E-state index contributed by atoms with van der Waals surface area (Å²) in [4.78, 5) is 25.7. The number of aryl methyl sites for hydroxylation is 2. The minimum atomic E-state index is 0.259. The molecule has 6 nitrogen and oxygen atoms in total.